The highest BCUT2D eigenvalue weighted by molar-refractivity contribution is 5.72. The number of amides is 1. The zero-order chi connectivity index (χ0) is 29.6. The number of carbonyl (C=O) groups is 2. The van der Waals surface area contributed by atoms with Crippen LogP contribution in [0.15, 0.2) is 66.7 Å². The summed E-state index contributed by atoms with van der Waals surface area (Å²) in [6, 6.07) is 15.3. The molecular formula is C30H32F3NO7. The number of carbonyl (C=O) groups excluding carboxylic acids is 1. The second-order valence-electron chi connectivity index (χ2n) is 8.92. The molecule has 3 aromatic rings. The van der Waals surface area contributed by atoms with Gasteiger partial charge in [-0.3, -0.25) is 0 Å². The molecule has 41 heavy (non-hydrogen) atoms. The fourth-order valence-electron chi connectivity index (χ4n) is 3.75. The number of benzene rings is 3. The van der Waals surface area contributed by atoms with Gasteiger partial charge in [0, 0.05) is 25.6 Å². The molecule has 0 radical (unpaired) electrons. The standard InChI is InChI=1S/C30H32F3NO7/c1-2-38-28(29(35)36)19-21-5-9-23(10-6-21)40-18-16-34(30(37)41-25-13-14-26(32)27(33)20-25)15-3-4-17-39-24-11-7-22(31)8-12-24/h5-14,20,28H,2-4,15-19H2,1H3,(H,35,36). The molecule has 3 rings (SSSR count). The number of aliphatic carboxylic acids is 1. The van der Waals surface area contributed by atoms with Crippen LogP contribution >= 0.6 is 0 Å². The van der Waals surface area contributed by atoms with E-state index in [0.717, 1.165) is 23.8 Å². The molecule has 1 amide bonds. The second kappa shape index (κ2) is 16.1. The van der Waals surface area contributed by atoms with Crippen molar-refractivity contribution in [2.45, 2.75) is 32.3 Å². The number of carboxylic acids is 1. The maximum atomic E-state index is 13.6. The third-order valence-electron chi connectivity index (χ3n) is 5.88. The van der Waals surface area contributed by atoms with E-state index in [-0.39, 0.29) is 44.3 Å². The first kappa shape index (κ1) is 31.3. The van der Waals surface area contributed by atoms with Gasteiger partial charge in [0.15, 0.2) is 17.7 Å². The van der Waals surface area contributed by atoms with E-state index in [4.69, 9.17) is 18.9 Å². The van der Waals surface area contributed by atoms with Gasteiger partial charge in [0.25, 0.3) is 0 Å². The average molecular weight is 576 g/mol. The van der Waals surface area contributed by atoms with Crippen molar-refractivity contribution in [3.63, 3.8) is 0 Å². The molecule has 0 saturated heterocycles. The lowest BCUT2D eigenvalue weighted by atomic mass is 10.1. The molecule has 0 aliphatic rings. The van der Waals surface area contributed by atoms with Crippen LogP contribution < -0.4 is 14.2 Å². The second-order valence-corrected chi connectivity index (χ2v) is 8.92. The molecule has 3 aromatic carbocycles. The summed E-state index contributed by atoms with van der Waals surface area (Å²) >= 11 is 0. The van der Waals surface area contributed by atoms with Crippen molar-refractivity contribution in [3.05, 3.63) is 89.7 Å². The maximum Gasteiger partial charge on any atom is 0.415 e. The molecule has 0 fully saturated rings. The van der Waals surface area contributed by atoms with Gasteiger partial charge < -0.3 is 29.0 Å². The van der Waals surface area contributed by atoms with Crippen LogP contribution in [0.3, 0.4) is 0 Å². The van der Waals surface area contributed by atoms with Gasteiger partial charge in [-0.05, 0) is 73.9 Å². The number of unbranched alkanes of at least 4 members (excludes halogenated alkanes) is 1. The summed E-state index contributed by atoms with van der Waals surface area (Å²) in [7, 11) is 0. The molecule has 0 bridgehead atoms. The fraction of sp³-hybridized carbons (Fsp3) is 0.333. The molecule has 0 spiro atoms. The quantitative estimate of drug-likeness (QED) is 0.213. The fourth-order valence-corrected chi connectivity index (χ4v) is 3.75. The molecule has 0 aliphatic carbocycles. The monoisotopic (exact) mass is 575 g/mol. The summed E-state index contributed by atoms with van der Waals surface area (Å²) < 4.78 is 61.7. The Morgan fingerprint density at radius 1 is 0.805 bits per heavy atom. The molecule has 1 N–H and O–H groups in total. The van der Waals surface area contributed by atoms with Crippen LogP contribution in [0.25, 0.3) is 0 Å². The molecule has 8 nitrogen and oxygen atoms in total. The molecular weight excluding hydrogens is 543 g/mol. The lowest BCUT2D eigenvalue weighted by Crippen LogP contribution is -2.37. The van der Waals surface area contributed by atoms with Crippen LogP contribution in [0, 0.1) is 17.5 Å². The molecule has 0 aliphatic heterocycles. The van der Waals surface area contributed by atoms with E-state index in [1.54, 1.807) is 31.2 Å². The van der Waals surface area contributed by atoms with Crippen LogP contribution in [0.2, 0.25) is 0 Å². The first-order chi connectivity index (χ1) is 19.7. The summed E-state index contributed by atoms with van der Waals surface area (Å²) in [6.45, 7) is 2.86. The lowest BCUT2D eigenvalue weighted by molar-refractivity contribution is -0.149. The van der Waals surface area contributed by atoms with Crippen molar-refractivity contribution < 1.29 is 46.8 Å². The average Bonchev–Trinajstić information content (AvgIpc) is 2.95. The Morgan fingerprint density at radius 2 is 1.44 bits per heavy atom. The minimum Gasteiger partial charge on any atom is -0.494 e. The van der Waals surface area contributed by atoms with Crippen LogP contribution in [0.1, 0.15) is 25.3 Å². The molecule has 0 heterocycles. The predicted molar refractivity (Wildman–Crippen MR) is 144 cm³/mol. The van der Waals surface area contributed by atoms with Gasteiger partial charge in [-0.25, -0.2) is 22.8 Å². The highest BCUT2D eigenvalue weighted by Crippen LogP contribution is 2.18. The number of ether oxygens (including phenoxy) is 4. The van der Waals surface area contributed by atoms with Crippen LogP contribution in [-0.4, -0.2) is 61.1 Å². The number of hydrogen-bond acceptors (Lipinski definition) is 6. The number of nitrogens with zero attached hydrogens (tertiary/aromatic N) is 1. The van der Waals surface area contributed by atoms with E-state index in [1.807, 2.05) is 0 Å². The maximum absolute atomic E-state index is 13.6. The molecule has 1 unspecified atom stereocenters. The van der Waals surface area contributed by atoms with E-state index in [9.17, 15) is 27.9 Å². The summed E-state index contributed by atoms with van der Waals surface area (Å²) in [4.78, 5) is 25.5. The molecule has 1 atom stereocenters. The van der Waals surface area contributed by atoms with Gasteiger partial charge in [-0.2, -0.15) is 0 Å². The van der Waals surface area contributed by atoms with Gasteiger partial charge >= 0.3 is 12.1 Å². The zero-order valence-electron chi connectivity index (χ0n) is 22.6. The Bertz CT molecular complexity index is 1260. The Morgan fingerprint density at radius 3 is 2.07 bits per heavy atom. The third kappa shape index (κ3) is 10.7. The SMILES string of the molecule is CCOC(Cc1ccc(OCCN(CCCCOc2ccc(F)cc2)C(=O)Oc2ccc(F)c(F)c2)cc1)C(=O)O. The van der Waals surface area contributed by atoms with Gasteiger partial charge in [0.1, 0.15) is 29.7 Å². The topological polar surface area (TPSA) is 94.5 Å². The van der Waals surface area contributed by atoms with E-state index in [0.29, 0.717) is 30.9 Å². The summed E-state index contributed by atoms with van der Waals surface area (Å²) in [5, 5.41) is 9.26. The summed E-state index contributed by atoms with van der Waals surface area (Å²) in [5.74, 6) is -2.69. The van der Waals surface area contributed by atoms with Crippen LogP contribution in [0.4, 0.5) is 18.0 Å². The first-order valence-corrected chi connectivity index (χ1v) is 13.1. The van der Waals surface area contributed by atoms with Crippen molar-refractivity contribution >= 4 is 12.1 Å². The lowest BCUT2D eigenvalue weighted by Gasteiger charge is -2.22. The molecule has 0 aromatic heterocycles. The molecule has 220 valence electrons. The Kier molecular flexibility index (Phi) is 12.3. The summed E-state index contributed by atoms with van der Waals surface area (Å²) in [6.07, 6.45) is -0.383. The van der Waals surface area contributed by atoms with E-state index >= 15 is 0 Å². The number of carboxylic acid groups (broad SMARTS) is 1. The van der Waals surface area contributed by atoms with Gasteiger partial charge in [0.2, 0.25) is 0 Å². The minimum absolute atomic E-state index is 0.106. The normalized spacial score (nSPS) is 11.5. The smallest absolute Gasteiger partial charge is 0.415 e. The number of hydrogen-bond donors (Lipinski definition) is 1. The third-order valence-corrected chi connectivity index (χ3v) is 5.88. The molecule has 11 heteroatoms. The van der Waals surface area contributed by atoms with Crippen molar-refractivity contribution in [1.82, 2.24) is 4.90 Å². The van der Waals surface area contributed by atoms with Gasteiger partial charge in [0.05, 0.1) is 13.2 Å². The zero-order valence-corrected chi connectivity index (χ0v) is 22.6. The number of halogens is 3. The highest BCUT2D eigenvalue weighted by Gasteiger charge is 2.19. The first-order valence-electron chi connectivity index (χ1n) is 13.1. The number of rotatable bonds is 16. The van der Waals surface area contributed by atoms with Crippen molar-refractivity contribution in [1.29, 1.82) is 0 Å². The van der Waals surface area contributed by atoms with Gasteiger partial charge in [-0.1, -0.05) is 12.1 Å². The van der Waals surface area contributed by atoms with E-state index in [1.165, 1.54) is 29.2 Å². The molecule has 0 saturated carbocycles. The van der Waals surface area contributed by atoms with Crippen molar-refractivity contribution in [3.8, 4) is 17.2 Å². The van der Waals surface area contributed by atoms with Crippen molar-refractivity contribution in [2.75, 3.05) is 32.9 Å². The van der Waals surface area contributed by atoms with Crippen molar-refractivity contribution in [2.24, 2.45) is 0 Å². The predicted octanol–water partition coefficient (Wildman–Crippen LogP) is 5.88. The van der Waals surface area contributed by atoms with E-state index in [2.05, 4.69) is 0 Å². The van der Waals surface area contributed by atoms with Gasteiger partial charge in [-0.15, -0.1) is 0 Å². The Balaban J connectivity index is 1.53. The largest absolute Gasteiger partial charge is 0.494 e. The minimum atomic E-state index is -1.14. The highest BCUT2D eigenvalue weighted by atomic mass is 19.2. The summed E-state index contributed by atoms with van der Waals surface area (Å²) in [5.41, 5.74) is 0.762. The Labute approximate surface area is 236 Å². The van der Waals surface area contributed by atoms with E-state index < -0.39 is 29.8 Å². The van der Waals surface area contributed by atoms with Crippen LogP contribution in [0.5, 0.6) is 17.2 Å². The Hall–Kier alpha value is -4.25. The van der Waals surface area contributed by atoms with Crippen LogP contribution in [-0.2, 0) is 16.0 Å².